The van der Waals surface area contributed by atoms with Crippen molar-refractivity contribution in [3.05, 3.63) is 35.6 Å². The van der Waals surface area contributed by atoms with Crippen molar-refractivity contribution in [1.29, 1.82) is 0 Å². The molecule has 0 unspecified atom stereocenters. The van der Waals surface area contributed by atoms with E-state index in [1.807, 2.05) is 0 Å². The Balaban J connectivity index is 1.66. The Labute approximate surface area is 146 Å². The monoisotopic (exact) mass is 350 g/mol. The highest BCUT2D eigenvalue weighted by Crippen LogP contribution is 2.38. The first kappa shape index (κ1) is 17.8. The average molecular weight is 350 g/mol. The summed E-state index contributed by atoms with van der Waals surface area (Å²) < 4.78 is 18.8. The molecule has 2 aliphatic heterocycles. The number of carbonyl (C=O) groups is 1. The van der Waals surface area contributed by atoms with Crippen LogP contribution in [0.4, 0.5) is 4.39 Å². The van der Waals surface area contributed by atoms with Crippen LogP contribution in [-0.2, 0) is 14.4 Å². The lowest BCUT2D eigenvalue weighted by atomic mass is 9.74. The number of amides is 1. The van der Waals surface area contributed by atoms with E-state index in [1.54, 1.807) is 12.1 Å². The number of rotatable bonds is 6. The van der Waals surface area contributed by atoms with E-state index < -0.39 is 5.41 Å². The molecule has 2 aliphatic rings. The summed E-state index contributed by atoms with van der Waals surface area (Å²) in [5.41, 5.74) is 0.820. The van der Waals surface area contributed by atoms with Gasteiger partial charge in [-0.25, -0.2) is 4.39 Å². The Kier molecular flexibility index (Phi) is 5.65. The summed E-state index contributed by atoms with van der Waals surface area (Å²) in [6.07, 6.45) is 2.06. The molecular weight excluding hydrogens is 327 g/mol. The molecule has 3 rings (SSSR count). The fourth-order valence-electron chi connectivity index (χ4n) is 3.46. The van der Waals surface area contributed by atoms with E-state index in [1.165, 1.54) is 12.1 Å². The number of hydrogen-bond donors (Lipinski definition) is 2. The van der Waals surface area contributed by atoms with Crippen molar-refractivity contribution in [2.24, 2.45) is 10.6 Å². The van der Waals surface area contributed by atoms with Crippen molar-refractivity contribution < 1.29 is 23.9 Å². The van der Waals surface area contributed by atoms with Crippen LogP contribution in [0.1, 0.15) is 31.2 Å². The predicted octanol–water partition coefficient (Wildman–Crippen LogP) is 1.61. The Bertz CT molecular complexity index is 644. The van der Waals surface area contributed by atoms with Crippen LogP contribution in [0.25, 0.3) is 0 Å². The van der Waals surface area contributed by atoms with Crippen LogP contribution in [-0.4, -0.2) is 49.2 Å². The fraction of sp³-hybridized carbons (Fsp3) is 0.556. The molecule has 1 aromatic rings. The number of carbonyl (C=O) groups excluding carboxylic acids is 1. The van der Waals surface area contributed by atoms with E-state index in [9.17, 15) is 9.18 Å². The molecule has 136 valence electrons. The molecule has 0 radical (unpaired) electrons. The minimum atomic E-state index is -0.578. The lowest BCUT2D eigenvalue weighted by molar-refractivity contribution is -0.140. The molecule has 25 heavy (non-hydrogen) atoms. The third kappa shape index (κ3) is 4.16. The van der Waals surface area contributed by atoms with E-state index in [4.69, 9.17) is 14.7 Å². The zero-order valence-corrected chi connectivity index (χ0v) is 14.0. The summed E-state index contributed by atoms with van der Waals surface area (Å²) in [7, 11) is 0. The van der Waals surface area contributed by atoms with Gasteiger partial charge in [0.2, 0.25) is 5.91 Å². The first-order valence-electron chi connectivity index (χ1n) is 8.58. The van der Waals surface area contributed by atoms with Crippen molar-refractivity contribution in [2.45, 2.75) is 31.8 Å². The standard InChI is InChI=1S/C18H23FN2O4/c19-14-3-1-2-13(10-14)16-11-15(25-21-16)12-18(4-8-24-9-5-18)17(23)20-6-7-22/h1-3,10,15,22H,4-9,11-12H2,(H,20,23)/t15-/m1/s1. The van der Waals surface area contributed by atoms with E-state index in [0.29, 0.717) is 50.2 Å². The van der Waals surface area contributed by atoms with Gasteiger partial charge in [0.1, 0.15) is 11.9 Å². The lowest BCUT2D eigenvalue weighted by Crippen LogP contribution is -2.47. The minimum absolute atomic E-state index is 0.0762. The SMILES string of the molecule is O=C(NCCO)C1(C[C@H]2CC(c3cccc(F)c3)=NO2)CCOCC1. The van der Waals surface area contributed by atoms with Gasteiger partial charge in [0.05, 0.1) is 17.7 Å². The summed E-state index contributed by atoms with van der Waals surface area (Å²) >= 11 is 0. The molecule has 0 aromatic heterocycles. The summed E-state index contributed by atoms with van der Waals surface area (Å²) in [6, 6.07) is 6.26. The topological polar surface area (TPSA) is 80.2 Å². The fourth-order valence-corrected chi connectivity index (χ4v) is 3.46. The van der Waals surface area contributed by atoms with Gasteiger partial charge in [-0.05, 0) is 25.0 Å². The van der Waals surface area contributed by atoms with Crippen molar-refractivity contribution in [2.75, 3.05) is 26.4 Å². The molecule has 1 atom stereocenters. The number of nitrogens with one attached hydrogen (secondary N) is 1. The van der Waals surface area contributed by atoms with Crippen LogP contribution < -0.4 is 5.32 Å². The zero-order chi connectivity index (χ0) is 17.7. The predicted molar refractivity (Wildman–Crippen MR) is 89.6 cm³/mol. The van der Waals surface area contributed by atoms with Gasteiger partial charge in [0.25, 0.3) is 0 Å². The Morgan fingerprint density at radius 2 is 2.20 bits per heavy atom. The molecule has 2 N–H and O–H groups in total. The summed E-state index contributed by atoms with van der Waals surface area (Å²) in [4.78, 5) is 18.2. The second kappa shape index (κ2) is 7.93. The number of aliphatic hydroxyl groups is 1. The summed E-state index contributed by atoms with van der Waals surface area (Å²) in [5.74, 6) is -0.388. The Hall–Kier alpha value is -1.99. The highest BCUT2D eigenvalue weighted by Gasteiger charge is 2.43. The third-order valence-electron chi connectivity index (χ3n) is 4.84. The molecule has 1 amide bonds. The molecule has 1 aromatic carbocycles. The average Bonchev–Trinajstić information content (AvgIpc) is 3.08. The maximum atomic E-state index is 13.4. The van der Waals surface area contributed by atoms with Gasteiger partial charge < -0.3 is 20.0 Å². The number of hydrogen-bond acceptors (Lipinski definition) is 5. The third-order valence-corrected chi connectivity index (χ3v) is 4.84. The number of oxime groups is 1. The number of benzene rings is 1. The largest absolute Gasteiger partial charge is 0.395 e. The minimum Gasteiger partial charge on any atom is -0.395 e. The number of ether oxygens (including phenoxy) is 1. The molecule has 0 saturated carbocycles. The van der Waals surface area contributed by atoms with Crippen LogP contribution >= 0.6 is 0 Å². The van der Waals surface area contributed by atoms with Crippen LogP contribution in [0.2, 0.25) is 0 Å². The van der Waals surface area contributed by atoms with Crippen molar-refractivity contribution in [1.82, 2.24) is 5.32 Å². The zero-order valence-electron chi connectivity index (χ0n) is 14.0. The second-order valence-corrected chi connectivity index (χ2v) is 6.56. The van der Waals surface area contributed by atoms with Gasteiger partial charge in [0, 0.05) is 38.2 Å². The van der Waals surface area contributed by atoms with Gasteiger partial charge in [-0.2, -0.15) is 0 Å². The Morgan fingerprint density at radius 1 is 1.40 bits per heavy atom. The quantitative estimate of drug-likeness (QED) is 0.817. The summed E-state index contributed by atoms with van der Waals surface area (Å²) in [6.45, 7) is 1.19. The molecule has 2 heterocycles. The molecule has 1 saturated heterocycles. The van der Waals surface area contributed by atoms with E-state index in [2.05, 4.69) is 10.5 Å². The van der Waals surface area contributed by atoms with Gasteiger partial charge in [0.15, 0.2) is 0 Å². The highest BCUT2D eigenvalue weighted by atomic mass is 19.1. The van der Waals surface area contributed by atoms with Crippen LogP contribution in [0, 0.1) is 11.2 Å². The molecule has 0 spiro atoms. The van der Waals surface area contributed by atoms with Crippen LogP contribution in [0.15, 0.2) is 29.4 Å². The van der Waals surface area contributed by atoms with Crippen molar-refractivity contribution in [3.8, 4) is 0 Å². The maximum Gasteiger partial charge on any atom is 0.226 e. The number of nitrogens with zero attached hydrogens (tertiary/aromatic N) is 1. The van der Waals surface area contributed by atoms with Crippen LogP contribution in [0.3, 0.4) is 0 Å². The molecule has 0 bridgehead atoms. The number of halogens is 1. The van der Waals surface area contributed by atoms with Gasteiger partial charge in [-0.15, -0.1) is 0 Å². The first-order chi connectivity index (χ1) is 12.1. The smallest absolute Gasteiger partial charge is 0.226 e. The first-order valence-corrected chi connectivity index (χ1v) is 8.58. The molecule has 6 nitrogen and oxygen atoms in total. The van der Waals surface area contributed by atoms with Crippen LogP contribution in [0.5, 0.6) is 0 Å². The number of aliphatic hydroxyl groups excluding tert-OH is 1. The molecule has 0 aliphatic carbocycles. The van der Waals surface area contributed by atoms with Gasteiger partial charge in [-0.3, -0.25) is 4.79 Å². The molecule has 7 heteroatoms. The van der Waals surface area contributed by atoms with E-state index in [0.717, 1.165) is 0 Å². The van der Waals surface area contributed by atoms with E-state index >= 15 is 0 Å². The molecule has 1 fully saturated rings. The summed E-state index contributed by atoms with van der Waals surface area (Å²) in [5, 5.41) is 15.8. The van der Waals surface area contributed by atoms with E-state index in [-0.39, 0.29) is 31.0 Å². The Morgan fingerprint density at radius 3 is 2.92 bits per heavy atom. The second-order valence-electron chi connectivity index (χ2n) is 6.56. The van der Waals surface area contributed by atoms with Crippen molar-refractivity contribution >= 4 is 11.6 Å². The maximum absolute atomic E-state index is 13.4. The highest BCUT2D eigenvalue weighted by molar-refractivity contribution is 6.01. The lowest BCUT2D eigenvalue weighted by Gasteiger charge is -2.36. The molecular formula is C18H23FN2O4. The van der Waals surface area contributed by atoms with Gasteiger partial charge >= 0.3 is 0 Å². The van der Waals surface area contributed by atoms with Gasteiger partial charge in [-0.1, -0.05) is 17.3 Å². The van der Waals surface area contributed by atoms with Crippen molar-refractivity contribution in [3.63, 3.8) is 0 Å². The normalized spacial score (nSPS) is 22.2.